The van der Waals surface area contributed by atoms with E-state index in [9.17, 15) is 25.0 Å². The summed E-state index contributed by atoms with van der Waals surface area (Å²) in [6, 6.07) is 17.1. The molecule has 10 nitrogen and oxygen atoms in total. The number of ether oxygens (including phenoxy) is 3. The van der Waals surface area contributed by atoms with Crippen molar-refractivity contribution in [1.29, 1.82) is 5.26 Å². The number of nitro groups is 1. The summed E-state index contributed by atoms with van der Waals surface area (Å²) >= 11 is 0. The zero-order valence-corrected chi connectivity index (χ0v) is 19.9. The summed E-state index contributed by atoms with van der Waals surface area (Å²) in [5.74, 6) is -4.17. The van der Waals surface area contributed by atoms with E-state index in [2.05, 4.69) is 4.99 Å². The van der Waals surface area contributed by atoms with Crippen LogP contribution >= 0.6 is 0 Å². The van der Waals surface area contributed by atoms with Crippen LogP contribution in [0.3, 0.4) is 0 Å². The Morgan fingerprint density at radius 3 is 2.44 bits per heavy atom. The van der Waals surface area contributed by atoms with E-state index in [-0.39, 0.29) is 48.1 Å². The van der Waals surface area contributed by atoms with Crippen LogP contribution < -0.4 is 0 Å². The smallest absolute Gasteiger partial charge is 0.336 e. The van der Waals surface area contributed by atoms with Crippen LogP contribution in [0.1, 0.15) is 30.9 Å². The van der Waals surface area contributed by atoms with E-state index in [1.54, 1.807) is 13.0 Å². The van der Waals surface area contributed by atoms with E-state index in [1.807, 2.05) is 36.4 Å². The average Bonchev–Trinajstić information content (AvgIpc) is 2.88. The Bertz CT molecular complexity index is 1230. The number of nitriles is 1. The Balaban J connectivity index is 1.91. The number of carbonyl (C=O) groups excluding carboxylic acids is 2. The van der Waals surface area contributed by atoms with Gasteiger partial charge in [-0.25, -0.2) is 9.79 Å². The van der Waals surface area contributed by atoms with E-state index in [1.165, 1.54) is 25.1 Å². The molecular formula is C26H25N3O7. The highest BCUT2D eigenvalue weighted by Gasteiger charge is 2.46. The molecule has 0 aromatic heterocycles. The average molecular weight is 492 g/mol. The summed E-state index contributed by atoms with van der Waals surface area (Å²) in [7, 11) is 0. The van der Waals surface area contributed by atoms with E-state index in [0.717, 1.165) is 5.56 Å². The van der Waals surface area contributed by atoms with Crippen LogP contribution in [0, 0.1) is 27.4 Å². The number of hydrogen-bond acceptors (Lipinski definition) is 9. The van der Waals surface area contributed by atoms with Gasteiger partial charge < -0.3 is 14.2 Å². The summed E-state index contributed by atoms with van der Waals surface area (Å²) in [6.45, 7) is 3.44. The molecule has 36 heavy (non-hydrogen) atoms. The van der Waals surface area contributed by atoms with Gasteiger partial charge in [0.2, 0.25) is 0 Å². The molecule has 2 aromatic rings. The number of aliphatic imine (C=N–C) groups is 1. The molecule has 1 aliphatic rings. The molecule has 0 fully saturated rings. The maximum Gasteiger partial charge on any atom is 0.336 e. The molecule has 0 saturated heterocycles. The summed E-state index contributed by atoms with van der Waals surface area (Å²) in [5, 5.41) is 21.5. The summed E-state index contributed by atoms with van der Waals surface area (Å²) in [4.78, 5) is 41.5. The predicted octanol–water partition coefficient (Wildman–Crippen LogP) is 3.87. The number of allylic oxidation sites excluding steroid dienone is 1. The summed E-state index contributed by atoms with van der Waals surface area (Å²) < 4.78 is 16.1. The number of para-hydroxylation sites is 1. The molecule has 10 heteroatoms. The standard InChI is InChI=1S/C26H25N3O7/c1-3-35-26(31)24-20(15-27)28-17(2)22(23(24)19-11-7-8-12-21(19)29(32)33)25(30)36-14-13-34-16-18-9-5-4-6-10-18/h4-12,23-24H,3,13-14,16H2,1-2H3. The lowest BCUT2D eigenvalue weighted by Crippen LogP contribution is -2.37. The molecule has 0 aliphatic carbocycles. The second kappa shape index (κ2) is 12.4. The number of carbonyl (C=O) groups is 2. The minimum Gasteiger partial charge on any atom is -0.465 e. The Kier molecular flexibility index (Phi) is 9.02. The summed E-state index contributed by atoms with van der Waals surface area (Å²) in [6.07, 6.45) is 0. The predicted molar refractivity (Wildman–Crippen MR) is 129 cm³/mol. The SMILES string of the molecule is CCOC(=O)C1C(C#N)=NC(C)=C(C(=O)OCCOCc2ccccc2)C1c1ccccc1[N+](=O)[O-]. The third-order valence-electron chi connectivity index (χ3n) is 5.53. The van der Waals surface area contributed by atoms with Gasteiger partial charge in [0.25, 0.3) is 5.69 Å². The molecule has 186 valence electrons. The first-order valence-electron chi connectivity index (χ1n) is 11.3. The minimum atomic E-state index is -1.35. The van der Waals surface area contributed by atoms with E-state index in [4.69, 9.17) is 14.2 Å². The highest BCUT2D eigenvalue weighted by atomic mass is 16.6. The zero-order chi connectivity index (χ0) is 26.1. The topological polar surface area (TPSA) is 141 Å². The Morgan fingerprint density at radius 2 is 1.78 bits per heavy atom. The molecule has 0 radical (unpaired) electrons. The maximum atomic E-state index is 13.2. The number of nitro benzene ring substituents is 1. The van der Waals surface area contributed by atoms with Crippen LogP contribution in [0.2, 0.25) is 0 Å². The summed E-state index contributed by atoms with van der Waals surface area (Å²) in [5.41, 5.74) is 0.614. The van der Waals surface area contributed by atoms with Crippen LogP contribution in [0.15, 0.2) is 70.9 Å². The first-order chi connectivity index (χ1) is 17.4. The van der Waals surface area contributed by atoms with Crippen molar-refractivity contribution < 1.29 is 28.7 Å². The molecule has 0 bridgehead atoms. The molecule has 1 aliphatic heterocycles. The third-order valence-corrected chi connectivity index (χ3v) is 5.53. The quantitative estimate of drug-likeness (QED) is 0.211. The number of benzene rings is 2. The first-order valence-corrected chi connectivity index (χ1v) is 11.3. The Labute approximate surface area is 208 Å². The van der Waals surface area contributed by atoms with Crippen molar-refractivity contribution >= 4 is 23.3 Å². The number of nitrogens with zero attached hydrogens (tertiary/aromatic N) is 3. The van der Waals surface area contributed by atoms with Crippen molar-refractivity contribution in [1.82, 2.24) is 0 Å². The molecule has 2 atom stereocenters. The largest absolute Gasteiger partial charge is 0.465 e. The van der Waals surface area contributed by atoms with Gasteiger partial charge in [-0.2, -0.15) is 5.26 Å². The number of hydrogen-bond donors (Lipinski definition) is 0. The van der Waals surface area contributed by atoms with Gasteiger partial charge in [-0.1, -0.05) is 48.5 Å². The Hall–Kier alpha value is -4.36. The molecule has 1 heterocycles. The molecule has 0 amide bonds. The van der Waals surface area contributed by atoms with Gasteiger partial charge in [-0.15, -0.1) is 0 Å². The van der Waals surface area contributed by atoms with Crippen LogP contribution in [-0.2, 0) is 30.4 Å². The molecule has 0 spiro atoms. The molecule has 0 saturated carbocycles. The van der Waals surface area contributed by atoms with Crippen molar-refractivity contribution in [2.75, 3.05) is 19.8 Å². The number of rotatable bonds is 10. The lowest BCUT2D eigenvalue weighted by atomic mass is 9.75. The van der Waals surface area contributed by atoms with Gasteiger partial charge in [0.05, 0.1) is 30.3 Å². The first kappa shape index (κ1) is 26.2. The normalized spacial score (nSPS) is 17.1. The highest BCUT2D eigenvalue weighted by Crippen LogP contribution is 2.43. The van der Waals surface area contributed by atoms with Crippen molar-refractivity contribution in [2.45, 2.75) is 26.4 Å². The van der Waals surface area contributed by atoms with Crippen molar-refractivity contribution in [2.24, 2.45) is 10.9 Å². The van der Waals surface area contributed by atoms with Crippen LogP contribution in [0.5, 0.6) is 0 Å². The fraction of sp³-hybridized carbons (Fsp3) is 0.308. The second-order valence-electron chi connectivity index (χ2n) is 7.81. The number of esters is 2. The zero-order valence-electron chi connectivity index (χ0n) is 19.9. The van der Waals surface area contributed by atoms with E-state index in [0.29, 0.717) is 6.61 Å². The van der Waals surface area contributed by atoms with E-state index < -0.39 is 28.7 Å². The van der Waals surface area contributed by atoms with Crippen molar-refractivity contribution in [3.63, 3.8) is 0 Å². The van der Waals surface area contributed by atoms with Gasteiger partial charge >= 0.3 is 11.9 Å². The lowest BCUT2D eigenvalue weighted by Gasteiger charge is -2.30. The van der Waals surface area contributed by atoms with E-state index >= 15 is 0 Å². The fourth-order valence-corrected chi connectivity index (χ4v) is 4.00. The van der Waals surface area contributed by atoms with Gasteiger partial charge in [-0.3, -0.25) is 14.9 Å². The van der Waals surface area contributed by atoms with Crippen LogP contribution in [-0.4, -0.2) is 42.4 Å². The maximum absolute atomic E-state index is 13.2. The molecule has 2 aromatic carbocycles. The molecular weight excluding hydrogens is 466 g/mol. The highest BCUT2D eigenvalue weighted by molar-refractivity contribution is 6.14. The fourth-order valence-electron chi connectivity index (χ4n) is 4.00. The lowest BCUT2D eigenvalue weighted by molar-refractivity contribution is -0.385. The molecule has 0 N–H and O–H groups in total. The van der Waals surface area contributed by atoms with Crippen LogP contribution in [0.4, 0.5) is 5.69 Å². The molecule has 3 rings (SSSR count). The van der Waals surface area contributed by atoms with Gasteiger partial charge in [0.15, 0.2) is 0 Å². The monoisotopic (exact) mass is 491 g/mol. The second-order valence-corrected chi connectivity index (χ2v) is 7.81. The van der Waals surface area contributed by atoms with Crippen molar-refractivity contribution in [3.05, 3.63) is 87.1 Å². The minimum absolute atomic E-state index is 0.0128. The van der Waals surface area contributed by atoms with Gasteiger partial charge in [0.1, 0.15) is 24.3 Å². The molecule has 2 unspecified atom stereocenters. The third kappa shape index (κ3) is 6.00. The van der Waals surface area contributed by atoms with Crippen molar-refractivity contribution in [3.8, 4) is 6.07 Å². The van der Waals surface area contributed by atoms with Crippen LogP contribution in [0.25, 0.3) is 0 Å². The Morgan fingerprint density at radius 1 is 1.08 bits per heavy atom. The van der Waals surface area contributed by atoms with Gasteiger partial charge in [0, 0.05) is 23.2 Å². The van der Waals surface area contributed by atoms with Gasteiger partial charge in [-0.05, 0) is 19.4 Å².